The second kappa shape index (κ2) is 9.54. The standard InChI is InChI=1S/C25H26N2O4S/c1-19-10-12-24(13-11-19)32(29,30)27-16-14-20(15-17-27)25(28)26-21-6-5-9-23(18-21)31-22-7-3-2-4-8-22/h2-13,18,20H,14-17H2,1H3,(H,26,28). The molecular formula is C25H26N2O4S. The maximum atomic E-state index is 12.9. The number of nitrogens with one attached hydrogen (secondary N) is 1. The van der Waals surface area contributed by atoms with Crippen LogP contribution in [-0.2, 0) is 14.8 Å². The highest BCUT2D eigenvalue weighted by atomic mass is 32.2. The molecule has 3 aromatic carbocycles. The number of sulfonamides is 1. The van der Waals surface area contributed by atoms with E-state index in [9.17, 15) is 13.2 Å². The van der Waals surface area contributed by atoms with Crippen LogP contribution in [0.15, 0.2) is 83.8 Å². The number of anilines is 1. The van der Waals surface area contributed by atoms with Gasteiger partial charge < -0.3 is 10.1 Å². The zero-order valence-electron chi connectivity index (χ0n) is 17.9. The number of aryl methyl sites for hydroxylation is 1. The van der Waals surface area contributed by atoms with Gasteiger partial charge in [0.2, 0.25) is 15.9 Å². The fraction of sp³-hybridized carbons (Fsp3) is 0.240. The Morgan fingerprint density at radius 1 is 0.906 bits per heavy atom. The van der Waals surface area contributed by atoms with E-state index in [0.717, 1.165) is 11.3 Å². The van der Waals surface area contributed by atoms with Crippen molar-refractivity contribution in [3.8, 4) is 11.5 Å². The van der Waals surface area contributed by atoms with Gasteiger partial charge in [0.15, 0.2) is 0 Å². The first-order valence-corrected chi connectivity index (χ1v) is 12.1. The van der Waals surface area contributed by atoms with Crippen LogP contribution >= 0.6 is 0 Å². The van der Waals surface area contributed by atoms with E-state index in [4.69, 9.17) is 4.74 Å². The molecule has 1 aliphatic heterocycles. The number of amides is 1. The van der Waals surface area contributed by atoms with Gasteiger partial charge in [-0.1, -0.05) is 42.0 Å². The lowest BCUT2D eigenvalue weighted by Crippen LogP contribution is -2.41. The van der Waals surface area contributed by atoms with Crippen LogP contribution in [0.25, 0.3) is 0 Å². The van der Waals surface area contributed by atoms with Gasteiger partial charge >= 0.3 is 0 Å². The third-order valence-corrected chi connectivity index (χ3v) is 7.48. The van der Waals surface area contributed by atoms with Crippen molar-refractivity contribution in [2.24, 2.45) is 5.92 Å². The molecule has 0 aliphatic carbocycles. The number of piperidine rings is 1. The van der Waals surface area contributed by atoms with Gasteiger partial charge in [-0.3, -0.25) is 4.79 Å². The average Bonchev–Trinajstić information content (AvgIpc) is 2.80. The third-order valence-electron chi connectivity index (χ3n) is 5.56. The van der Waals surface area contributed by atoms with Crippen LogP contribution in [-0.4, -0.2) is 31.7 Å². The smallest absolute Gasteiger partial charge is 0.243 e. The number of ether oxygens (including phenoxy) is 1. The molecule has 1 N–H and O–H groups in total. The lowest BCUT2D eigenvalue weighted by atomic mass is 9.97. The van der Waals surface area contributed by atoms with Crippen molar-refractivity contribution in [2.75, 3.05) is 18.4 Å². The van der Waals surface area contributed by atoms with Gasteiger partial charge in [0.05, 0.1) is 4.90 Å². The molecule has 6 nitrogen and oxygen atoms in total. The van der Waals surface area contributed by atoms with Crippen molar-refractivity contribution in [3.63, 3.8) is 0 Å². The summed E-state index contributed by atoms with van der Waals surface area (Å²) in [6, 6.07) is 23.5. The topological polar surface area (TPSA) is 75.7 Å². The molecule has 0 unspecified atom stereocenters. The van der Waals surface area contributed by atoms with Crippen LogP contribution in [0.5, 0.6) is 11.5 Å². The fourth-order valence-corrected chi connectivity index (χ4v) is 5.19. The molecular weight excluding hydrogens is 424 g/mol. The van der Waals surface area contributed by atoms with E-state index >= 15 is 0 Å². The van der Waals surface area contributed by atoms with Crippen molar-refractivity contribution in [2.45, 2.75) is 24.7 Å². The predicted octanol–water partition coefficient (Wildman–Crippen LogP) is 4.83. The molecule has 1 aliphatic rings. The molecule has 0 atom stereocenters. The first-order chi connectivity index (χ1) is 15.4. The zero-order chi connectivity index (χ0) is 22.6. The maximum Gasteiger partial charge on any atom is 0.243 e. The summed E-state index contributed by atoms with van der Waals surface area (Å²) in [6.07, 6.45) is 0.967. The minimum absolute atomic E-state index is 0.103. The van der Waals surface area contributed by atoms with Crippen molar-refractivity contribution in [1.29, 1.82) is 0 Å². The summed E-state index contributed by atoms with van der Waals surface area (Å²) in [4.78, 5) is 13.1. The summed E-state index contributed by atoms with van der Waals surface area (Å²) >= 11 is 0. The highest BCUT2D eigenvalue weighted by Gasteiger charge is 2.32. The summed E-state index contributed by atoms with van der Waals surface area (Å²) in [5.41, 5.74) is 1.66. The van der Waals surface area contributed by atoms with Crippen LogP contribution in [0, 0.1) is 12.8 Å². The Morgan fingerprint density at radius 2 is 1.56 bits per heavy atom. The highest BCUT2D eigenvalue weighted by Crippen LogP contribution is 2.27. The Bertz CT molecular complexity index is 1170. The zero-order valence-corrected chi connectivity index (χ0v) is 18.7. The average molecular weight is 451 g/mol. The van der Waals surface area contributed by atoms with E-state index in [1.165, 1.54) is 4.31 Å². The van der Waals surface area contributed by atoms with E-state index in [2.05, 4.69) is 5.32 Å². The number of nitrogens with zero attached hydrogens (tertiary/aromatic N) is 1. The minimum Gasteiger partial charge on any atom is -0.457 e. The number of benzene rings is 3. The van der Waals surface area contributed by atoms with Crippen LogP contribution < -0.4 is 10.1 Å². The monoisotopic (exact) mass is 450 g/mol. The van der Waals surface area contributed by atoms with Gasteiger partial charge in [-0.2, -0.15) is 4.31 Å². The summed E-state index contributed by atoms with van der Waals surface area (Å²) in [7, 11) is -3.54. The Kier molecular flexibility index (Phi) is 6.58. The Balaban J connectivity index is 1.35. The Hall–Kier alpha value is -3.16. The Morgan fingerprint density at radius 3 is 2.25 bits per heavy atom. The van der Waals surface area contributed by atoms with Gasteiger partial charge in [0.1, 0.15) is 11.5 Å². The Labute approximate surface area is 188 Å². The molecule has 1 saturated heterocycles. The number of rotatable bonds is 6. The van der Waals surface area contributed by atoms with Crippen molar-refractivity contribution in [1.82, 2.24) is 4.31 Å². The summed E-state index contributed by atoms with van der Waals surface area (Å²) in [5, 5.41) is 2.94. The largest absolute Gasteiger partial charge is 0.457 e. The highest BCUT2D eigenvalue weighted by molar-refractivity contribution is 7.89. The SMILES string of the molecule is Cc1ccc(S(=O)(=O)N2CCC(C(=O)Nc3cccc(Oc4ccccc4)c3)CC2)cc1. The van der Waals surface area contributed by atoms with Gasteiger partial charge in [0, 0.05) is 30.8 Å². The van der Waals surface area contributed by atoms with Gasteiger partial charge in [0.25, 0.3) is 0 Å². The lowest BCUT2D eigenvalue weighted by molar-refractivity contribution is -0.120. The first kappa shape index (κ1) is 22.0. The number of para-hydroxylation sites is 1. The summed E-state index contributed by atoms with van der Waals surface area (Å²) in [5.74, 6) is 1.01. The molecule has 1 fully saturated rings. The quantitative estimate of drug-likeness (QED) is 0.584. The van der Waals surface area contributed by atoms with Gasteiger partial charge in [-0.15, -0.1) is 0 Å². The van der Waals surface area contributed by atoms with Crippen LogP contribution in [0.4, 0.5) is 5.69 Å². The van der Waals surface area contributed by atoms with E-state index < -0.39 is 10.0 Å². The van der Waals surface area contributed by atoms with Crippen molar-refractivity contribution < 1.29 is 17.9 Å². The first-order valence-electron chi connectivity index (χ1n) is 10.6. The maximum absolute atomic E-state index is 12.9. The lowest BCUT2D eigenvalue weighted by Gasteiger charge is -2.30. The minimum atomic E-state index is -3.54. The summed E-state index contributed by atoms with van der Waals surface area (Å²) < 4.78 is 33.0. The molecule has 4 rings (SSSR count). The molecule has 0 radical (unpaired) electrons. The molecule has 0 spiro atoms. The van der Waals surface area contributed by atoms with Crippen molar-refractivity contribution >= 4 is 21.6 Å². The van der Waals surface area contributed by atoms with E-state index in [0.29, 0.717) is 42.3 Å². The van der Waals surface area contributed by atoms with Crippen LogP contribution in [0.2, 0.25) is 0 Å². The number of hydrogen-bond donors (Lipinski definition) is 1. The predicted molar refractivity (Wildman–Crippen MR) is 124 cm³/mol. The van der Waals surface area contributed by atoms with E-state index in [1.807, 2.05) is 55.5 Å². The molecule has 0 aromatic heterocycles. The van der Waals surface area contributed by atoms with Crippen molar-refractivity contribution in [3.05, 3.63) is 84.4 Å². The number of hydrogen-bond acceptors (Lipinski definition) is 4. The van der Waals surface area contributed by atoms with E-state index in [1.54, 1.807) is 30.3 Å². The second-order valence-electron chi connectivity index (χ2n) is 7.92. The second-order valence-corrected chi connectivity index (χ2v) is 9.86. The molecule has 0 bridgehead atoms. The van der Waals surface area contributed by atoms with Gasteiger partial charge in [-0.05, 0) is 56.2 Å². The third kappa shape index (κ3) is 5.18. The molecule has 3 aromatic rings. The molecule has 32 heavy (non-hydrogen) atoms. The van der Waals surface area contributed by atoms with Crippen LogP contribution in [0.1, 0.15) is 18.4 Å². The summed E-state index contributed by atoms with van der Waals surface area (Å²) in [6.45, 7) is 2.57. The van der Waals surface area contributed by atoms with Crippen LogP contribution in [0.3, 0.4) is 0 Å². The van der Waals surface area contributed by atoms with Gasteiger partial charge in [-0.25, -0.2) is 8.42 Å². The fourth-order valence-electron chi connectivity index (χ4n) is 3.72. The number of carbonyl (C=O) groups excluding carboxylic acids is 1. The number of carbonyl (C=O) groups is 1. The molecule has 166 valence electrons. The van der Waals surface area contributed by atoms with E-state index in [-0.39, 0.29) is 11.8 Å². The molecule has 7 heteroatoms. The molecule has 0 saturated carbocycles. The molecule has 1 amide bonds. The molecule has 1 heterocycles. The normalized spacial score (nSPS) is 15.3.